The van der Waals surface area contributed by atoms with Crippen LogP contribution in [0.15, 0.2) is 24.3 Å². The highest BCUT2D eigenvalue weighted by molar-refractivity contribution is 6.30. The van der Waals surface area contributed by atoms with Gasteiger partial charge in [-0.05, 0) is 30.5 Å². The van der Waals surface area contributed by atoms with Gasteiger partial charge in [0.2, 0.25) is 11.8 Å². The summed E-state index contributed by atoms with van der Waals surface area (Å²) in [6, 6.07) is 6.67. The van der Waals surface area contributed by atoms with Gasteiger partial charge >= 0.3 is 0 Å². The molecule has 6 heteroatoms. The van der Waals surface area contributed by atoms with E-state index in [1.54, 1.807) is 24.3 Å². The molecular formula is C16H21ClN2O3. The lowest BCUT2D eigenvalue weighted by atomic mass is 10.0. The molecular weight excluding hydrogens is 304 g/mol. The third-order valence-electron chi connectivity index (χ3n) is 3.99. The third kappa shape index (κ3) is 4.71. The molecule has 120 valence electrons. The SMILES string of the molecule is CC(=O)NC(CC(=O)NCC1(CO)CC1)c1ccc(Cl)cc1. The predicted molar refractivity (Wildman–Crippen MR) is 84.4 cm³/mol. The maximum absolute atomic E-state index is 12.1. The van der Waals surface area contributed by atoms with Crippen molar-refractivity contribution >= 4 is 23.4 Å². The lowest BCUT2D eigenvalue weighted by molar-refractivity contribution is -0.123. The van der Waals surface area contributed by atoms with E-state index < -0.39 is 0 Å². The number of carbonyl (C=O) groups excluding carboxylic acids is 2. The van der Waals surface area contributed by atoms with Crippen LogP contribution in [0, 0.1) is 5.41 Å². The molecule has 1 unspecified atom stereocenters. The van der Waals surface area contributed by atoms with E-state index in [4.69, 9.17) is 11.6 Å². The smallest absolute Gasteiger partial charge is 0.222 e. The van der Waals surface area contributed by atoms with Crippen molar-refractivity contribution in [1.29, 1.82) is 0 Å². The Morgan fingerprint density at radius 1 is 1.32 bits per heavy atom. The Hall–Kier alpha value is -1.59. The summed E-state index contributed by atoms with van der Waals surface area (Å²) in [5.41, 5.74) is 0.706. The lowest BCUT2D eigenvalue weighted by Crippen LogP contribution is -2.36. The highest BCUT2D eigenvalue weighted by atomic mass is 35.5. The van der Waals surface area contributed by atoms with Gasteiger partial charge in [-0.15, -0.1) is 0 Å². The van der Waals surface area contributed by atoms with Crippen LogP contribution in [0.5, 0.6) is 0 Å². The second kappa shape index (κ2) is 7.11. The monoisotopic (exact) mass is 324 g/mol. The minimum Gasteiger partial charge on any atom is -0.396 e. The molecule has 0 saturated heterocycles. The van der Waals surface area contributed by atoms with E-state index in [1.807, 2.05) is 0 Å². The first-order valence-electron chi connectivity index (χ1n) is 7.34. The van der Waals surface area contributed by atoms with Crippen molar-refractivity contribution in [2.45, 2.75) is 32.2 Å². The molecule has 1 atom stereocenters. The Bertz CT molecular complexity index is 541. The Labute approximate surface area is 135 Å². The van der Waals surface area contributed by atoms with Crippen molar-refractivity contribution in [3.63, 3.8) is 0 Å². The van der Waals surface area contributed by atoms with Gasteiger partial charge in [0, 0.05) is 23.9 Å². The van der Waals surface area contributed by atoms with Crippen molar-refractivity contribution in [3.05, 3.63) is 34.9 Å². The van der Waals surface area contributed by atoms with E-state index in [0.717, 1.165) is 18.4 Å². The van der Waals surface area contributed by atoms with Crippen LogP contribution in [0.3, 0.4) is 0 Å². The van der Waals surface area contributed by atoms with Crippen LogP contribution in [0.1, 0.15) is 37.8 Å². The van der Waals surface area contributed by atoms with E-state index in [2.05, 4.69) is 10.6 Å². The van der Waals surface area contributed by atoms with E-state index in [0.29, 0.717) is 11.6 Å². The first-order chi connectivity index (χ1) is 10.4. The van der Waals surface area contributed by atoms with Crippen molar-refractivity contribution < 1.29 is 14.7 Å². The van der Waals surface area contributed by atoms with E-state index >= 15 is 0 Å². The summed E-state index contributed by atoms with van der Waals surface area (Å²) in [7, 11) is 0. The number of carbonyl (C=O) groups is 2. The number of benzene rings is 1. The molecule has 1 fully saturated rings. The average molecular weight is 325 g/mol. The number of amides is 2. The zero-order valence-corrected chi connectivity index (χ0v) is 13.3. The quantitative estimate of drug-likeness (QED) is 0.715. The molecule has 1 aliphatic rings. The molecule has 1 saturated carbocycles. The summed E-state index contributed by atoms with van der Waals surface area (Å²) < 4.78 is 0. The fourth-order valence-corrected chi connectivity index (χ4v) is 2.43. The minimum atomic E-state index is -0.390. The number of rotatable bonds is 7. The fraction of sp³-hybridized carbons (Fsp3) is 0.500. The highest BCUT2D eigenvalue weighted by Gasteiger charge is 2.42. The van der Waals surface area contributed by atoms with Gasteiger partial charge in [-0.25, -0.2) is 0 Å². The van der Waals surface area contributed by atoms with Gasteiger partial charge in [-0.3, -0.25) is 9.59 Å². The zero-order valence-electron chi connectivity index (χ0n) is 12.6. The normalized spacial score (nSPS) is 16.7. The van der Waals surface area contributed by atoms with Crippen LogP contribution in [0.4, 0.5) is 0 Å². The average Bonchev–Trinajstić information content (AvgIpc) is 3.25. The molecule has 0 spiro atoms. The molecule has 1 aromatic rings. The summed E-state index contributed by atoms with van der Waals surface area (Å²) in [6.07, 6.45) is 2.04. The standard InChI is InChI=1S/C16H21ClN2O3/c1-11(21)19-14(12-2-4-13(17)5-3-12)8-15(22)18-9-16(10-20)6-7-16/h2-5,14,20H,6-10H2,1H3,(H,18,22)(H,19,21). The van der Waals surface area contributed by atoms with Gasteiger partial charge in [0.1, 0.15) is 0 Å². The molecule has 0 aliphatic heterocycles. The summed E-state index contributed by atoms with van der Waals surface area (Å²) in [5.74, 6) is -0.338. The van der Waals surface area contributed by atoms with Crippen molar-refractivity contribution in [2.24, 2.45) is 5.41 Å². The van der Waals surface area contributed by atoms with Crippen LogP contribution in [-0.4, -0.2) is 30.1 Å². The molecule has 0 radical (unpaired) electrons. The lowest BCUT2D eigenvalue weighted by Gasteiger charge is -2.19. The fourth-order valence-electron chi connectivity index (χ4n) is 2.30. The number of halogens is 1. The van der Waals surface area contributed by atoms with Crippen LogP contribution in [-0.2, 0) is 9.59 Å². The number of nitrogens with one attached hydrogen (secondary N) is 2. The molecule has 0 aromatic heterocycles. The molecule has 1 aliphatic carbocycles. The first kappa shape index (κ1) is 16.8. The summed E-state index contributed by atoms with van der Waals surface area (Å²) in [4.78, 5) is 23.4. The van der Waals surface area contributed by atoms with Gasteiger partial charge in [-0.2, -0.15) is 0 Å². The Balaban J connectivity index is 1.95. The van der Waals surface area contributed by atoms with Gasteiger partial charge < -0.3 is 15.7 Å². The van der Waals surface area contributed by atoms with Gasteiger partial charge in [0.05, 0.1) is 19.1 Å². The number of hydrogen-bond acceptors (Lipinski definition) is 3. The van der Waals surface area contributed by atoms with Crippen LogP contribution in [0.25, 0.3) is 0 Å². The molecule has 0 bridgehead atoms. The largest absolute Gasteiger partial charge is 0.396 e. The second-order valence-electron chi connectivity index (χ2n) is 5.94. The summed E-state index contributed by atoms with van der Waals surface area (Å²) in [6.45, 7) is 2.00. The molecule has 1 aromatic carbocycles. The van der Waals surface area contributed by atoms with Crippen molar-refractivity contribution in [3.8, 4) is 0 Å². The molecule has 2 rings (SSSR count). The summed E-state index contributed by atoms with van der Waals surface area (Å²) in [5, 5.41) is 15.5. The number of hydrogen-bond donors (Lipinski definition) is 3. The predicted octanol–water partition coefficient (Wildman–Crippen LogP) is 1.80. The Kier molecular flexibility index (Phi) is 5.42. The van der Waals surface area contributed by atoms with E-state index in [1.165, 1.54) is 6.92 Å². The molecule has 0 heterocycles. The number of aliphatic hydroxyl groups is 1. The van der Waals surface area contributed by atoms with Gasteiger partial charge in [0.15, 0.2) is 0 Å². The highest BCUT2D eigenvalue weighted by Crippen LogP contribution is 2.44. The second-order valence-corrected chi connectivity index (χ2v) is 6.38. The molecule has 5 nitrogen and oxygen atoms in total. The molecule has 3 N–H and O–H groups in total. The maximum atomic E-state index is 12.1. The zero-order chi connectivity index (χ0) is 16.2. The minimum absolute atomic E-state index is 0.0968. The van der Waals surface area contributed by atoms with Crippen LogP contribution in [0.2, 0.25) is 5.02 Å². The van der Waals surface area contributed by atoms with Crippen LogP contribution >= 0.6 is 11.6 Å². The van der Waals surface area contributed by atoms with Gasteiger partial charge in [0.25, 0.3) is 0 Å². The van der Waals surface area contributed by atoms with Crippen molar-refractivity contribution in [1.82, 2.24) is 10.6 Å². The Morgan fingerprint density at radius 3 is 2.45 bits per heavy atom. The third-order valence-corrected chi connectivity index (χ3v) is 4.24. The topological polar surface area (TPSA) is 78.4 Å². The molecule has 22 heavy (non-hydrogen) atoms. The number of aliphatic hydroxyl groups excluding tert-OH is 1. The van der Waals surface area contributed by atoms with Crippen molar-refractivity contribution in [2.75, 3.05) is 13.2 Å². The summed E-state index contributed by atoms with van der Waals surface area (Å²) >= 11 is 5.86. The maximum Gasteiger partial charge on any atom is 0.222 e. The molecule has 2 amide bonds. The first-order valence-corrected chi connectivity index (χ1v) is 7.72. The van der Waals surface area contributed by atoms with E-state index in [9.17, 15) is 14.7 Å². The van der Waals surface area contributed by atoms with Gasteiger partial charge in [-0.1, -0.05) is 23.7 Å². The Morgan fingerprint density at radius 2 is 1.95 bits per heavy atom. The van der Waals surface area contributed by atoms with Crippen LogP contribution < -0.4 is 10.6 Å². The van der Waals surface area contributed by atoms with E-state index in [-0.39, 0.29) is 36.3 Å².